The van der Waals surface area contributed by atoms with E-state index >= 15 is 0 Å². The minimum absolute atomic E-state index is 0.0236. The van der Waals surface area contributed by atoms with Crippen LogP contribution in [0.3, 0.4) is 0 Å². The van der Waals surface area contributed by atoms with Gasteiger partial charge in [0.1, 0.15) is 24.3 Å². The highest BCUT2D eigenvalue weighted by Gasteiger charge is 2.47. The molecular weight excluding hydrogens is 576 g/mol. The number of hydrogen-bond acceptors (Lipinski definition) is 12. The summed E-state index contributed by atoms with van der Waals surface area (Å²) < 4.78 is 12.4. The molecule has 5 N–H and O–H groups in total. The molecule has 0 spiro atoms. The number of amides is 2. The van der Waals surface area contributed by atoms with E-state index in [1.54, 1.807) is 24.0 Å². The van der Waals surface area contributed by atoms with E-state index in [1.165, 1.54) is 23.0 Å². The van der Waals surface area contributed by atoms with Crippen LogP contribution in [0.2, 0.25) is 0 Å². The summed E-state index contributed by atoms with van der Waals surface area (Å²) in [6.45, 7) is 3.10. The number of benzene rings is 1. The lowest BCUT2D eigenvalue weighted by molar-refractivity contribution is -0.384. The predicted octanol–water partition coefficient (Wildman–Crippen LogP) is 0.862. The number of likely N-dealkylation sites (tertiary alicyclic amines) is 1. The molecule has 2 amide bonds. The molecule has 16 nitrogen and oxygen atoms in total. The molecule has 3 aromatic rings. The number of aliphatic hydroxyl groups is 2. The molecule has 44 heavy (non-hydrogen) atoms. The normalized spacial score (nSPS) is 21.9. The second kappa shape index (κ2) is 13.2. The Hall–Kier alpha value is -4.85. The molecule has 232 valence electrons. The highest BCUT2D eigenvalue weighted by Crippen LogP contribution is 2.32. The summed E-state index contributed by atoms with van der Waals surface area (Å²) in [5, 5.41) is 34.3. The molecule has 2 saturated heterocycles. The number of piperidine rings is 1. The van der Waals surface area contributed by atoms with Crippen molar-refractivity contribution in [2.45, 2.75) is 57.3 Å². The zero-order valence-electron chi connectivity index (χ0n) is 23.8. The molecule has 1 aromatic carbocycles. The van der Waals surface area contributed by atoms with Crippen molar-refractivity contribution >= 4 is 34.7 Å². The van der Waals surface area contributed by atoms with Crippen LogP contribution in [0.4, 0.5) is 16.3 Å². The van der Waals surface area contributed by atoms with Gasteiger partial charge in [0, 0.05) is 38.2 Å². The molecular formula is C28H32N8O8. The number of ether oxygens (including phenoxy) is 2. The van der Waals surface area contributed by atoms with Crippen LogP contribution in [0, 0.1) is 27.9 Å². The highest BCUT2D eigenvalue weighted by molar-refractivity contribution is 5.83. The van der Waals surface area contributed by atoms with Crippen LogP contribution in [0.25, 0.3) is 11.2 Å². The number of nitrogens with zero attached hydrogens (tertiary/aromatic N) is 6. The van der Waals surface area contributed by atoms with Crippen molar-refractivity contribution in [3.05, 3.63) is 52.1 Å². The number of likely N-dealkylation sites (N-methyl/N-ethyl adjacent to an activating group) is 1. The van der Waals surface area contributed by atoms with Crippen LogP contribution in [0.1, 0.15) is 43.8 Å². The number of carbonyl (C=O) groups excluding carboxylic acids is 2. The van der Waals surface area contributed by atoms with Crippen molar-refractivity contribution in [1.29, 1.82) is 0 Å². The third-order valence-electron chi connectivity index (χ3n) is 7.54. The maximum absolute atomic E-state index is 12.5. The van der Waals surface area contributed by atoms with Crippen LogP contribution >= 0.6 is 0 Å². The average molecular weight is 609 g/mol. The first-order valence-corrected chi connectivity index (χ1v) is 14.1. The first-order chi connectivity index (χ1) is 21.2. The van der Waals surface area contributed by atoms with E-state index in [9.17, 15) is 29.9 Å². The molecule has 2 aliphatic rings. The monoisotopic (exact) mass is 608 g/mol. The molecule has 0 bridgehead atoms. The molecule has 0 aliphatic carbocycles. The maximum Gasteiger partial charge on any atom is 0.410 e. The van der Waals surface area contributed by atoms with E-state index in [4.69, 9.17) is 15.2 Å². The second-order valence-electron chi connectivity index (χ2n) is 10.5. The molecule has 0 radical (unpaired) electrons. The predicted molar refractivity (Wildman–Crippen MR) is 153 cm³/mol. The Morgan fingerprint density at radius 2 is 1.93 bits per heavy atom. The Labute approximate surface area is 251 Å². The zero-order valence-corrected chi connectivity index (χ0v) is 23.8. The van der Waals surface area contributed by atoms with Gasteiger partial charge in [-0.2, -0.15) is 0 Å². The largest absolute Gasteiger partial charge is 0.445 e. The highest BCUT2D eigenvalue weighted by atomic mass is 16.6. The van der Waals surface area contributed by atoms with Gasteiger partial charge in [-0.1, -0.05) is 5.92 Å². The second-order valence-corrected chi connectivity index (χ2v) is 10.5. The Balaban J connectivity index is 1.16. The number of nitro groups is 1. The number of nitrogen functional groups attached to an aromatic ring is 1. The summed E-state index contributed by atoms with van der Waals surface area (Å²) >= 11 is 0. The van der Waals surface area contributed by atoms with E-state index in [1.807, 2.05) is 0 Å². The number of aromatic nitrogens is 4. The summed E-state index contributed by atoms with van der Waals surface area (Å²) in [5.74, 6) is 5.91. The average Bonchev–Trinajstić information content (AvgIpc) is 3.57. The van der Waals surface area contributed by atoms with Crippen molar-refractivity contribution in [3.8, 4) is 11.8 Å². The fraction of sp³-hybridized carbons (Fsp3) is 0.464. The van der Waals surface area contributed by atoms with E-state index in [2.05, 4.69) is 32.1 Å². The van der Waals surface area contributed by atoms with Crippen LogP contribution < -0.4 is 11.1 Å². The first-order valence-electron chi connectivity index (χ1n) is 14.1. The van der Waals surface area contributed by atoms with E-state index in [-0.39, 0.29) is 41.0 Å². The lowest BCUT2D eigenvalue weighted by Crippen LogP contribution is -2.42. The van der Waals surface area contributed by atoms with Gasteiger partial charge in [0.25, 0.3) is 11.6 Å². The number of rotatable bonds is 7. The zero-order chi connectivity index (χ0) is 31.4. The maximum atomic E-state index is 12.5. The van der Waals surface area contributed by atoms with Gasteiger partial charge < -0.3 is 35.6 Å². The Morgan fingerprint density at radius 1 is 1.20 bits per heavy atom. The summed E-state index contributed by atoms with van der Waals surface area (Å²) in [5.41, 5.74) is 7.22. The number of hydrogen-bond donors (Lipinski definition) is 4. The van der Waals surface area contributed by atoms with Crippen molar-refractivity contribution in [3.63, 3.8) is 0 Å². The molecule has 5 rings (SSSR count). The third kappa shape index (κ3) is 6.54. The number of fused-ring (bicyclic) bond motifs is 1. The summed E-state index contributed by atoms with van der Waals surface area (Å²) in [6.07, 6.45) is -2.39. The van der Waals surface area contributed by atoms with Crippen molar-refractivity contribution < 1.29 is 34.2 Å². The molecule has 4 heterocycles. The SMILES string of the molecule is CCNC(=O)[C@H]1O[C@@H](n2cnc3c(N)nc(C#CCC4CCN(C(=O)OCc5ccc([N+](=O)[O-])cc5)CC4)nc32)C(O)C1O. The number of nitrogens with two attached hydrogens (primary N) is 1. The minimum atomic E-state index is -1.45. The van der Waals surface area contributed by atoms with Gasteiger partial charge in [-0.3, -0.25) is 19.5 Å². The number of nitrogens with one attached hydrogen (secondary N) is 1. The molecule has 16 heteroatoms. The molecule has 4 atom stereocenters. The van der Waals surface area contributed by atoms with Gasteiger partial charge in [-0.05, 0) is 49.3 Å². The Kier molecular flexibility index (Phi) is 9.18. The summed E-state index contributed by atoms with van der Waals surface area (Å²) in [4.78, 5) is 49.5. The van der Waals surface area contributed by atoms with Gasteiger partial charge in [-0.25, -0.2) is 19.7 Å². The van der Waals surface area contributed by atoms with Gasteiger partial charge in [0.15, 0.2) is 23.8 Å². The molecule has 2 unspecified atom stereocenters. The molecule has 0 saturated carbocycles. The minimum Gasteiger partial charge on any atom is -0.445 e. The van der Waals surface area contributed by atoms with E-state index in [0.717, 1.165) is 12.8 Å². The van der Waals surface area contributed by atoms with Crippen molar-refractivity contribution in [2.75, 3.05) is 25.4 Å². The number of carbonyl (C=O) groups is 2. The lowest BCUT2D eigenvalue weighted by atomic mass is 9.94. The molecule has 2 aliphatic heterocycles. The summed E-state index contributed by atoms with van der Waals surface area (Å²) in [6, 6.07) is 5.84. The van der Waals surface area contributed by atoms with E-state index in [0.29, 0.717) is 31.6 Å². The number of non-ortho nitro benzene ring substituents is 1. The smallest absolute Gasteiger partial charge is 0.410 e. The third-order valence-corrected chi connectivity index (χ3v) is 7.54. The van der Waals surface area contributed by atoms with Gasteiger partial charge in [-0.15, -0.1) is 0 Å². The van der Waals surface area contributed by atoms with Crippen molar-refractivity contribution in [2.24, 2.45) is 5.92 Å². The van der Waals surface area contributed by atoms with Crippen LogP contribution in [0.5, 0.6) is 0 Å². The van der Waals surface area contributed by atoms with Crippen LogP contribution in [-0.2, 0) is 20.9 Å². The summed E-state index contributed by atoms with van der Waals surface area (Å²) in [7, 11) is 0. The van der Waals surface area contributed by atoms with Gasteiger partial charge >= 0.3 is 6.09 Å². The molecule has 2 fully saturated rings. The number of aliphatic hydroxyl groups excluding tert-OH is 2. The van der Waals surface area contributed by atoms with Crippen LogP contribution in [-0.4, -0.2) is 89.5 Å². The number of nitro benzene ring substituents is 1. The quantitative estimate of drug-likeness (QED) is 0.167. The first kappa shape index (κ1) is 30.6. The Bertz CT molecular complexity index is 1590. The topological polar surface area (TPSA) is 221 Å². The van der Waals surface area contributed by atoms with Gasteiger partial charge in [0.05, 0.1) is 11.3 Å². The number of imidazole rings is 1. The lowest BCUT2D eigenvalue weighted by Gasteiger charge is -2.30. The van der Waals surface area contributed by atoms with Crippen LogP contribution in [0.15, 0.2) is 30.6 Å². The van der Waals surface area contributed by atoms with E-state index < -0.39 is 41.5 Å². The number of anilines is 1. The van der Waals surface area contributed by atoms with Gasteiger partial charge in [0.2, 0.25) is 5.82 Å². The molecule has 2 aromatic heterocycles. The Morgan fingerprint density at radius 3 is 2.61 bits per heavy atom. The fourth-order valence-electron chi connectivity index (χ4n) is 5.11. The fourth-order valence-corrected chi connectivity index (χ4v) is 5.11. The standard InChI is InChI=1S/C28H32N8O8/c1-2-30-26(39)23-21(37)22(38)27(44-23)35-15-31-20-24(29)32-19(33-25(20)35)5-3-4-16-10-12-34(13-11-16)28(40)43-14-17-6-8-18(9-7-17)36(41)42/h6-9,15-16,21-23,27,37-38H,2,4,10-14H2,1H3,(H,30,39)(H2,29,32,33)/t21?,22?,23-,27+/m0/s1. The van der Waals surface area contributed by atoms with Crippen molar-refractivity contribution in [1.82, 2.24) is 29.7 Å².